The molecular weight excluding hydrogens is 296 g/mol. The van der Waals surface area contributed by atoms with Crippen molar-refractivity contribution in [2.24, 2.45) is 0 Å². The van der Waals surface area contributed by atoms with Gasteiger partial charge >= 0.3 is 0 Å². The zero-order valence-corrected chi connectivity index (χ0v) is 14.7. The van der Waals surface area contributed by atoms with E-state index in [1.807, 2.05) is 0 Å². The molecule has 0 bridgehead atoms. The fourth-order valence-corrected chi connectivity index (χ4v) is 2.86. The molecule has 3 rings (SSSR count). The highest BCUT2D eigenvalue weighted by Crippen LogP contribution is 2.29. The Morgan fingerprint density at radius 2 is 1.17 bits per heavy atom. The van der Waals surface area contributed by atoms with Crippen LogP contribution in [0.25, 0.3) is 22.6 Å². The van der Waals surface area contributed by atoms with Crippen LogP contribution in [0.3, 0.4) is 0 Å². The molecule has 0 aliphatic carbocycles. The standard InChI is InChI=1S/C22H26O2/c1-3-5-10-19-12-14-21(23-19)17-8-7-9-18(16-17)22-15-13-20(24-22)11-6-4-2/h7-9,12-16H,3-6,10-11H2,1-2H3. The SMILES string of the molecule is CCCCc1ccc(-c2cccc(-c3ccc(CCCC)o3)c2)o1. The summed E-state index contributed by atoms with van der Waals surface area (Å²) in [6.45, 7) is 4.40. The number of rotatable bonds is 8. The first-order chi connectivity index (χ1) is 11.8. The van der Waals surface area contributed by atoms with Gasteiger partial charge in [0, 0.05) is 24.0 Å². The van der Waals surface area contributed by atoms with Crippen LogP contribution in [0.15, 0.2) is 57.4 Å². The van der Waals surface area contributed by atoms with Crippen molar-refractivity contribution in [1.82, 2.24) is 0 Å². The Kier molecular flexibility index (Phi) is 5.58. The maximum atomic E-state index is 5.99. The number of furan rings is 2. The lowest BCUT2D eigenvalue weighted by Crippen LogP contribution is -1.81. The van der Waals surface area contributed by atoms with Crippen LogP contribution in [0.4, 0.5) is 0 Å². The van der Waals surface area contributed by atoms with E-state index in [4.69, 9.17) is 8.83 Å². The van der Waals surface area contributed by atoms with Gasteiger partial charge in [-0.2, -0.15) is 0 Å². The van der Waals surface area contributed by atoms with Crippen molar-refractivity contribution in [1.29, 1.82) is 0 Å². The highest BCUT2D eigenvalue weighted by Gasteiger charge is 2.09. The molecule has 0 amide bonds. The Morgan fingerprint density at radius 1 is 0.667 bits per heavy atom. The molecule has 0 spiro atoms. The van der Waals surface area contributed by atoms with E-state index >= 15 is 0 Å². The van der Waals surface area contributed by atoms with Crippen molar-refractivity contribution >= 4 is 0 Å². The molecule has 0 atom stereocenters. The summed E-state index contributed by atoms with van der Waals surface area (Å²) in [6.07, 6.45) is 6.72. The fraction of sp³-hybridized carbons (Fsp3) is 0.364. The van der Waals surface area contributed by atoms with E-state index < -0.39 is 0 Å². The van der Waals surface area contributed by atoms with Gasteiger partial charge < -0.3 is 8.83 Å². The number of hydrogen-bond donors (Lipinski definition) is 0. The molecule has 1 aromatic carbocycles. The zero-order valence-electron chi connectivity index (χ0n) is 14.7. The zero-order chi connectivity index (χ0) is 16.8. The predicted molar refractivity (Wildman–Crippen MR) is 99.1 cm³/mol. The molecular formula is C22H26O2. The first kappa shape index (κ1) is 16.6. The highest BCUT2D eigenvalue weighted by molar-refractivity contribution is 5.68. The average Bonchev–Trinajstić information content (AvgIpc) is 3.28. The van der Waals surface area contributed by atoms with Crippen LogP contribution in [0.5, 0.6) is 0 Å². The van der Waals surface area contributed by atoms with Crippen LogP contribution >= 0.6 is 0 Å². The van der Waals surface area contributed by atoms with Crippen LogP contribution in [-0.2, 0) is 12.8 Å². The van der Waals surface area contributed by atoms with Gasteiger partial charge in [-0.05, 0) is 43.2 Å². The quantitative estimate of drug-likeness (QED) is 0.451. The molecule has 0 N–H and O–H groups in total. The van der Waals surface area contributed by atoms with E-state index in [1.165, 1.54) is 25.7 Å². The Hall–Kier alpha value is -2.22. The average molecular weight is 322 g/mol. The summed E-state index contributed by atoms with van der Waals surface area (Å²) < 4.78 is 12.0. The molecule has 0 saturated heterocycles. The third-order valence-electron chi connectivity index (χ3n) is 4.31. The van der Waals surface area contributed by atoms with Crippen LogP contribution in [0.1, 0.15) is 51.1 Å². The number of unbranched alkanes of at least 4 members (excludes halogenated alkanes) is 2. The Balaban J connectivity index is 1.78. The van der Waals surface area contributed by atoms with Crippen LogP contribution in [-0.4, -0.2) is 0 Å². The summed E-state index contributed by atoms with van der Waals surface area (Å²) in [5.74, 6) is 4.00. The predicted octanol–water partition coefficient (Wildman–Crippen LogP) is 6.89. The summed E-state index contributed by atoms with van der Waals surface area (Å²) in [5, 5.41) is 0. The Bertz CT molecular complexity index is 702. The van der Waals surface area contributed by atoms with Crippen LogP contribution in [0, 0.1) is 0 Å². The molecule has 2 aromatic heterocycles. The van der Waals surface area contributed by atoms with E-state index in [-0.39, 0.29) is 0 Å². The lowest BCUT2D eigenvalue weighted by atomic mass is 10.1. The Morgan fingerprint density at radius 3 is 1.62 bits per heavy atom. The molecule has 0 saturated carbocycles. The van der Waals surface area contributed by atoms with Gasteiger partial charge in [-0.3, -0.25) is 0 Å². The number of benzene rings is 1. The monoisotopic (exact) mass is 322 g/mol. The van der Waals surface area contributed by atoms with Gasteiger partial charge in [-0.1, -0.05) is 44.9 Å². The summed E-state index contributed by atoms with van der Waals surface area (Å²) in [6, 6.07) is 16.7. The maximum Gasteiger partial charge on any atom is 0.134 e. The molecule has 2 heterocycles. The van der Waals surface area contributed by atoms with Crippen molar-refractivity contribution in [3.05, 3.63) is 60.1 Å². The van der Waals surface area contributed by atoms with E-state index in [1.54, 1.807) is 0 Å². The van der Waals surface area contributed by atoms with Crippen molar-refractivity contribution in [3.63, 3.8) is 0 Å². The number of hydrogen-bond acceptors (Lipinski definition) is 2. The van der Waals surface area contributed by atoms with Crippen molar-refractivity contribution in [2.45, 2.75) is 52.4 Å². The Labute approximate surface area is 144 Å². The van der Waals surface area contributed by atoms with Gasteiger partial charge in [-0.15, -0.1) is 0 Å². The van der Waals surface area contributed by atoms with E-state index in [0.717, 1.165) is 47.0 Å². The van der Waals surface area contributed by atoms with Gasteiger partial charge in [0.25, 0.3) is 0 Å². The lowest BCUT2D eigenvalue weighted by Gasteiger charge is -2.02. The molecule has 0 aliphatic heterocycles. The van der Waals surface area contributed by atoms with E-state index in [2.05, 4.69) is 62.4 Å². The topological polar surface area (TPSA) is 26.3 Å². The smallest absolute Gasteiger partial charge is 0.134 e. The van der Waals surface area contributed by atoms with Gasteiger partial charge in [0.1, 0.15) is 23.0 Å². The third kappa shape index (κ3) is 4.00. The minimum atomic E-state index is 0.931. The molecule has 0 aliphatic rings. The van der Waals surface area contributed by atoms with Crippen molar-refractivity contribution in [2.75, 3.05) is 0 Å². The van der Waals surface area contributed by atoms with E-state index in [0.29, 0.717) is 0 Å². The second-order valence-corrected chi connectivity index (χ2v) is 6.32. The number of aryl methyl sites for hydroxylation is 2. The third-order valence-corrected chi connectivity index (χ3v) is 4.31. The van der Waals surface area contributed by atoms with Crippen molar-refractivity contribution in [3.8, 4) is 22.6 Å². The maximum absolute atomic E-state index is 5.99. The molecule has 0 radical (unpaired) electrons. The lowest BCUT2D eigenvalue weighted by molar-refractivity contribution is 0.511. The summed E-state index contributed by atoms with van der Waals surface area (Å²) in [7, 11) is 0. The minimum Gasteiger partial charge on any atom is -0.461 e. The first-order valence-electron chi connectivity index (χ1n) is 9.08. The molecule has 24 heavy (non-hydrogen) atoms. The molecule has 0 unspecified atom stereocenters. The van der Waals surface area contributed by atoms with Gasteiger partial charge in [0.2, 0.25) is 0 Å². The second kappa shape index (κ2) is 8.05. The highest BCUT2D eigenvalue weighted by atomic mass is 16.3. The molecule has 2 nitrogen and oxygen atoms in total. The second-order valence-electron chi connectivity index (χ2n) is 6.32. The van der Waals surface area contributed by atoms with Gasteiger partial charge in [-0.25, -0.2) is 0 Å². The first-order valence-corrected chi connectivity index (χ1v) is 9.08. The van der Waals surface area contributed by atoms with Crippen LogP contribution in [0.2, 0.25) is 0 Å². The molecule has 2 heteroatoms. The minimum absolute atomic E-state index is 0.931. The normalized spacial score (nSPS) is 11.1. The van der Waals surface area contributed by atoms with Crippen molar-refractivity contribution < 1.29 is 8.83 Å². The summed E-state index contributed by atoms with van der Waals surface area (Å²) >= 11 is 0. The van der Waals surface area contributed by atoms with Crippen LogP contribution < -0.4 is 0 Å². The fourth-order valence-electron chi connectivity index (χ4n) is 2.86. The molecule has 126 valence electrons. The molecule has 0 fully saturated rings. The largest absolute Gasteiger partial charge is 0.461 e. The van der Waals surface area contributed by atoms with Gasteiger partial charge in [0.05, 0.1) is 0 Å². The van der Waals surface area contributed by atoms with Gasteiger partial charge in [0.15, 0.2) is 0 Å². The van der Waals surface area contributed by atoms with E-state index in [9.17, 15) is 0 Å². The summed E-state index contributed by atoms with van der Waals surface area (Å²) in [5.41, 5.74) is 2.20. The summed E-state index contributed by atoms with van der Waals surface area (Å²) in [4.78, 5) is 0. The molecule has 3 aromatic rings.